The van der Waals surface area contributed by atoms with Gasteiger partial charge in [0.25, 0.3) is 0 Å². The Balaban J connectivity index is 1.43. The molecule has 0 spiro atoms. The molecule has 2 aromatic rings. The summed E-state index contributed by atoms with van der Waals surface area (Å²) in [7, 11) is 0. The van der Waals surface area contributed by atoms with Crippen molar-refractivity contribution < 1.29 is 17.9 Å². The highest BCUT2D eigenvalue weighted by Gasteiger charge is 2.31. The molecule has 1 aliphatic carbocycles. The molecule has 1 saturated carbocycles. The van der Waals surface area contributed by atoms with Crippen LogP contribution in [0.2, 0.25) is 0 Å². The molecule has 0 radical (unpaired) electrons. The first kappa shape index (κ1) is 23.7. The number of alkyl halides is 3. The maximum Gasteiger partial charge on any atom is 0.573 e. The van der Waals surface area contributed by atoms with Crippen molar-refractivity contribution in [2.24, 2.45) is 11.8 Å². The second-order valence-electron chi connectivity index (χ2n) is 9.24. The summed E-state index contributed by atoms with van der Waals surface area (Å²) in [6.07, 6.45) is 6.41. The molecule has 0 aliphatic heterocycles. The highest BCUT2D eigenvalue weighted by atomic mass is 19.4. The first-order chi connectivity index (χ1) is 14.8. The number of rotatable bonds is 9. The molecule has 4 heteroatoms. The first-order valence-electron chi connectivity index (χ1n) is 11.8. The Kier molecular flexibility index (Phi) is 8.45. The van der Waals surface area contributed by atoms with Gasteiger partial charge in [-0.25, -0.2) is 0 Å². The number of ether oxygens (including phenoxy) is 1. The van der Waals surface area contributed by atoms with E-state index in [0.717, 1.165) is 30.2 Å². The van der Waals surface area contributed by atoms with Crippen LogP contribution >= 0.6 is 0 Å². The molecule has 1 nitrogen and oxygen atoms in total. The number of aryl methyl sites for hydroxylation is 2. The topological polar surface area (TPSA) is 9.23 Å². The van der Waals surface area contributed by atoms with Crippen molar-refractivity contribution >= 4 is 0 Å². The number of hydrogen-bond donors (Lipinski definition) is 0. The van der Waals surface area contributed by atoms with E-state index in [-0.39, 0.29) is 5.75 Å². The van der Waals surface area contributed by atoms with E-state index in [1.54, 1.807) is 12.1 Å². The van der Waals surface area contributed by atoms with Crippen molar-refractivity contribution in [2.45, 2.75) is 83.9 Å². The first-order valence-corrected chi connectivity index (χ1v) is 11.8. The molecule has 2 aromatic carbocycles. The standard InChI is InChI=1S/C27H35F3O/c1-3-20(2)4-5-21-8-14-24(15-9-21)25-16-10-22(11-17-25)6-7-23-12-18-26(19-13-23)31-27(28,29)30/h10-13,16-21,24H,3-9,14-15H2,1-2H3. The van der Waals surface area contributed by atoms with Crippen molar-refractivity contribution in [1.82, 2.24) is 0 Å². The zero-order valence-corrected chi connectivity index (χ0v) is 18.8. The summed E-state index contributed by atoms with van der Waals surface area (Å²) in [5.74, 6) is 2.29. The van der Waals surface area contributed by atoms with Crippen LogP contribution in [0.4, 0.5) is 13.2 Å². The third-order valence-corrected chi connectivity index (χ3v) is 6.92. The van der Waals surface area contributed by atoms with Crippen LogP contribution in [-0.2, 0) is 12.8 Å². The predicted molar refractivity (Wildman–Crippen MR) is 120 cm³/mol. The monoisotopic (exact) mass is 432 g/mol. The predicted octanol–water partition coefficient (Wildman–Crippen LogP) is 8.47. The minimum Gasteiger partial charge on any atom is -0.406 e. The van der Waals surface area contributed by atoms with Crippen LogP contribution in [0.25, 0.3) is 0 Å². The molecule has 0 aromatic heterocycles. The highest BCUT2D eigenvalue weighted by molar-refractivity contribution is 5.30. The van der Waals surface area contributed by atoms with Crippen LogP contribution in [-0.4, -0.2) is 6.36 Å². The van der Waals surface area contributed by atoms with Crippen LogP contribution in [0.5, 0.6) is 5.75 Å². The van der Waals surface area contributed by atoms with E-state index in [0.29, 0.717) is 5.92 Å². The van der Waals surface area contributed by atoms with Crippen LogP contribution < -0.4 is 4.74 Å². The molecule has 0 amide bonds. The van der Waals surface area contributed by atoms with Gasteiger partial charge in [0.15, 0.2) is 0 Å². The largest absolute Gasteiger partial charge is 0.573 e. The van der Waals surface area contributed by atoms with E-state index in [1.165, 1.54) is 68.2 Å². The third kappa shape index (κ3) is 7.90. The molecule has 0 saturated heterocycles. The van der Waals surface area contributed by atoms with Crippen LogP contribution in [0.3, 0.4) is 0 Å². The molecule has 0 heterocycles. The van der Waals surface area contributed by atoms with Crippen molar-refractivity contribution in [2.75, 3.05) is 0 Å². The average Bonchev–Trinajstić information content (AvgIpc) is 2.77. The zero-order valence-electron chi connectivity index (χ0n) is 18.8. The molecule has 31 heavy (non-hydrogen) atoms. The average molecular weight is 433 g/mol. The van der Waals surface area contributed by atoms with E-state index in [9.17, 15) is 13.2 Å². The lowest BCUT2D eigenvalue weighted by Gasteiger charge is -2.29. The highest BCUT2D eigenvalue weighted by Crippen LogP contribution is 2.38. The molecule has 0 bridgehead atoms. The maximum atomic E-state index is 12.3. The lowest BCUT2D eigenvalue weighted by atomic mass is 9.76. The zero-order chi connectivity index (χ0) is 22.3. The molecule has 0 N–H and O–H groups in total. The van der Waals surface area contributed by atoms with Crippen LogP contribution in [0, 0.1) is 11.8 Å². The van der Waals surface area contributed by atoms with Gasteiger partial charge in [-0.2, -0.15) is 0 Å². The Morgan fingerprint density at radius 2 is 1.42 bits per heavy atom. The Labute approximate surface area is 185 Å². The lowest BCUT2D eigenvalue weighted by molar-refractivity contribution is -0.274. The van der Waals surface area contributed by atoms with Gasteiger partial charge in [-0.15, -0.1) is 13.2 Å². The smallest absolute Gasteiger partial charge is 0.406 e. The van der Waals surface area contributed by atoms with E-state index in [2.05, 4.69) is 42.8 Å². The van der Waals surface area contributed by atoms with Crippen LogP contribution in [0.15, 0.2) is 48.5 Å². The number of benzene rings is 2. The van der Waals surface area contributed by atoms with Gasteiger partial charge in [-0.3, -0.25) is 0 Å². The second-order valence-corrected chi connectivity index (χ2v) is 9.24. The summed E-state index contributed by atoms with van der Waals surface area (Å²) in [5.41, 5.74) is 3.73. The molecule has 170 valence electrons. The van der Waals surface area contributed by atoms with Crippen molar-refractivity contribution in [3.63, 3.8) is 0 Å². The minimum atomic E-state index is -4.64. The van der Waals surface area contributed by atoms with Gasteiger partial charge in [0.2, 0.25) is 0 Å². The summed E-state index contributed by atoms with van der Waals surface area (Å²) in [6, 6.07) is 15.1. The van der Waals surface area contributed by atoms with Crippen molar-refractivity contribution in [3.8, 4) is 5.75 Å². The molecular formula is C27H35F3O. The molecule has 1 unspecified atom stereocenters. The SMILES string of the molecule is CCC(C)CCC1CCC(c2ccc(CCc3ccc(OC(F)(F)F)cc3)cc2)CC1. The maximum absolute atomic E-state index is 12.3. The molecule has 1 fully saturated rings. The Bertz CT molecular complexity index is 772. The number of hydrogen-bond acceptors (Lipinski definition) is 1. The van der Waals surface area contributed by atoms with Gasteiger partial charge in [0.1, 0.15) is 5.75 Å². The summed E-state index contributed by atoms with van der Waals surface area (Å²) in [5, 5.41) is 0. The Morgan fingerprint density at radius 1 is 0.871 bits per heavy atom. The molecule has 3 rings (SSSR count). The Hall–Kier alpha value is -1.97. The van der Waals surface area contributed by atoms with Gasteiger partial charge in [0, 0.05) is 0 Å². The lowest BCUT2D eigenvalue weighted by Crippen LogP contribution is -2.17. The van der Waals surface area contributed by atoms with E-state index < -0.39 is 6.36 Å². The summed E-state index contributed by atoms with van der Waals surface area (Å²) >= 11 is 0. The summed E-state index contributed by atoms with van der Waals surface area (Å²) in [4.78, 5) is 0. The summed E-state index contributed by atoms with van der Waals surface area (Å²) in [6.45, 7) is 4.65. The van der Waals surface area contributed by atoms with E-state index in [1.807, 2.05) is 0 Å². The fourth-order valence-corrected chi connectivity index (χ4v) is 4.61. The van der Waals surface area contributed by atoms with Crippen molar-refractivity contribution in [3.05, 3.63) is 65.2 Å². The molecule has 1 aliphatic rings. The fraction of sp³-hybridized carbons (Fsp3) is 0.556. The molecule has 1 atom stereocenters. The van der Waals surface area contributed by atoms with Gasteiger partial charge >= 0.3 is 6.36 Å². The third-order valence-electron chi connectivity index (χ3n) is 6.92. The van der Waals surface area contributed by atoms with Gasteiger partial charge in [-0.1, -0.05) is 69.5 Å². The molecular weight excluding hydrogens is 397 g/mol. The Morgan fingerprint density at radius 3 is 1.94 bits per heavy atom. The van der Waals surface area contributed by atoms with Gasteiger partial charge in [0.05, 0.1) is 0 Å². The van der Waals surface area contributed by atoms with E-state index >= 15 is 0 Å². The van der Waals surface area contributed by atoms with Gasteiger partial charge < -0.3 is 4.74 Å². The minimum absolute atomic E-state index is 0.171. The van der Waals surface area contributed by atoms with E-state index in [4.69, 9.17) is 0 Å². The van der Waals surface area contributed by atoms with Crippen LogP contribution in [0.1, 0.15) is 81.4 Å². The second kappa shape index (κ2) is 11.1. The fourth-order valence-electron chi connectivity index (χ4n) is 4.61. The summed E-state index contributed by atoms with van der Waals surface area (Å²) < 4.78 is 40.7. The quantitative estimate of drug-likeness (QED) is 0.386. The number of halogens is 3. The normalized spacial score (nSPS) is 20.4. The van der Waals surface area contributed by atoms with Crippen molar-refractivity contribution in [1.29, 1.82) is 0 Å². The van der Waals surface area contributed by atoms with Gasteiger partial charge in [-0.05, 0) is 85.1 Å².